The number of hydrogen-bond acceptors (Lipinski definition) is 1. The Balaban J connectivity index is 1.98. The lowest BCUT2D eigenvalue weighted by atomic mass is 10.1. The first-order valence-electron chi connectivity index (χ1n) is 5.68. The highest BCUT2D eigenvalue weighted by Crippen LogP contribution is 2.44. The van der Waals surface area contributed by atoms with E-state index >= 15 is 0 Å². The van der Waals surface area contributed by atoms with Gasteiger partial charge >= 0.3 is 6.18 Å². The normalized spacial score (nSPS) is 22.5. The molecule has 0 amide bonds. The lowest BCUT2D eigenvalue weighted by Gasteiger charge is -2.10. The Hall–Kier alpha value is -1.03. The molecule has 0 aromatic heterocycles. The zero-order chi connectivity index (χ0) is 12.7. The second-order valence-corrected chi connectivity index (χ2v) is 5.32. The average Bonchev–Trinajstić information content (AvgIpc) is 2.83. The lowest BCUT2D eigenvalue weighted by molar-refractivity contribution is -0.137. The summed E-state index contributed by atoms with van der Waals surface area (Å²) in [6.07, 6.45) is -3.17. The monoisotopic (exact) mass is 243 g/mol. The van der Waals surface area contributed by atoms with Gasteiger partial charge in [-0.15, -0.1) is 0 Å². The molecule has 94 valence electrons. The van der Waals surface area contributed by atoms with Crippen LogP contribution in [-0.4, -0.2) is 6.04 Å². The number of rotatable bonds is 3. The SMILES string of the molecule is CC1(C)CC1NCc1cccc(C(F)(F)F)c1. The van der Waals surface area contributed by atoms with E-state index in [1.807, 2.05) is 0 Å². The first kappa shape index (κ1) is 12.4. The molecule has 1 aromatic carbocycles. The molecule has 17 heavy (non-hydrogen) atoms. The molecule has 0 saturated heterocycles. The van der Waals surface area contributed by atoms with Gasteiger partial charge in [-0.1, -0.05) is 32.0 Å². The molecule has 1 aromatic rings. The largest absolute Gasteiger partial charge is 0.416 e. The summed E-state index contributed by atoms with van der Waals surface area (Å²) in [5.74, 6) is 0. The van der Waals surface area contributed by atoms with Crippen LogP contribution >= 0.6 is 0 Å². The molecule has 1 unspecified atom stereocenters. The van der Waals surface area contributed by atoms with Crippen LogP contribution in [0.3, 0.4) is 0 Å². The van der Waals surface area contributed by atoms with E-state index in [0.29, 0.717) is 23.6 Å². The van der Waals surface area contributed by atoms with Gasteiger partial charge in [0.05, 0.1) is 5.56 Å². The third-order valence-corrected chi connectivity index (χ3v) is 3.32. The summed E-state index contributed by atoms with van der Waals surface area (Å²) in [6.45, 7) is 4.80. The molecule has 1 atom stereocenters. The van der Waals surface area contributed by atoms with Crippen LogP contribution in [0.25, 0.3) is 0 Å². The zero-order valence-electron chi connectivity index (χ0n) is 9.93. The summed E-state index contributed by atoms with van der Waals surface area (Å²) in [7, 11) is 0. The van der Waals surface area contributed by atoms with Crippen molar-refractivity contribution < 1.29 is 13.2 Å². The van der Waals surface area contributed by atoms with Crippen molar-refractivity contribution >= 4 is 0 Å². The predicted molar refractivity (Wildman–Crippen MR) is 60.5 cm³/mol. The van der Waals surface area contributed by atoms with Gasteiger partial charge < -0.3 is 5.32 Å². The number of hydrogen-bond donors (Lipinski definition) is 1. The Morgan fingerprint density at radius 2 is 2.00 bits per heavy atom. The van der Waals surface area contributed by atoms with Gasteiger partial charge in [0.2, 0.25) is 0 Å². The van der Waals surface area contributed by atoms with Crippen LogP contribution < -0.4 is 5.32 Å². The minimum absolute atomic E-state index is 0.293. The van der Waals surface area contributed by atoms with Gasteiger partial charge in [0.15, 0.2) is 0 Å². The smallest absolute Gasteiger partial charge is 0.309 e. The summed E-state index contributed by atoms with van der Waals surface area (Å²) >= 11 is 0. The van der Waals surface area contributed by atoms with Crippen molar-refractivity contribution in [2.75, 3.05) is 0 Å². The van der Waals surface area contributed by atoms with E-state index in [0.717, 1.165) is 12.5 Å². The second kappa shape index (κ2) is 4.02. The fourth-order valence-electron chi connectivity index (χ4n) is 1.91. The fourth-order valence-corrected chi connectivity index (χ4v) is 1.91. The molecule has 1 saturated carbocycles. The zero-order valence-corrected chi connectivity index (χ0v) is 9.93. The third kappa shape index (κ3) is 3.00. The Morgan fingerprint density at radius 3 is 2.53 bits per heavy atom. The molecule has 0 heterocycles. The minimum atomic E-state index is -4.26. The molecule has 1 aliphatic rings. The highest BCUT2D eigenvalue weighted by atomic mass is 19.4. The van der Waals surface area contributed by atoms with Crippen molar-refractivity contribution in [1.82, 2.24) is 5.32 Å². The highest BCUT2D eigenvalue weighted by molar-refractivity contribution is 5.25. The van der Waals surface area contributed by atoms with Crippen LogP contribution in [0.1, 0.15) is 31.4 Å². The van der Waals surface area contributed by atoms with Crippen molar-refractivity contribution in [2.45, 2.75) is 39.0 Å². The molecule has 0 radical (unpaired) electrons. The van der Waals surface area contributed by atoms with Gasteiger partial charge in [-0.3, -0.25) is 0 Å². The number of nitrogens with one attached hydrogen (secondary N) is 1. The summed E-state index contributed by atoms with van der Waals surface area (Å²) < 4.78 is 37.4. The average molecular weight is 243 g/mol. The van der Waals surface area contributed by atoms with E-state index in [4.69, 9.17) is 0 Å². The van der Waals surface area contributed by atoms with E-state index < -0.39 is 11.7 Å². The molecular formula is C13H16F3N. The van der Waals surface area contributed by atoms with Gasteiger partial charge in [-0.2, -0.15) is 13.2 Å². The first-order valence-corrected chi connectivity index (χ1v) is 5.68. The molecule has 0 spiro atoms. The predicted octanol–water partition coefficient (Wildman–Crippen LogP) is 3.59. The Kier molecular flexibility index (Phi) is 2.94. The maximum absolute atomic E-state index is 12.5. The van der Waals surface area contributed by atoms with Crippen molar-refractivity contribution in [3.63, 3.8) is 0 Å². The highest BCUT2D eigenvalue weighted by Gasteiger charge is 2.45. The Bertz CT molecular complexity index is 409. The third-order valence-electron chi connectivity index (χ3n) is 3.32. The van der Waals surface area contributed by atoms with Crippen LogP contribution in [0, 0.1) is 5.41 Å². The molecule has 2 rings (SSSR count). The maximum Gasteiger partial charge on any atom is 0.416 e. The van der Waals surface area contributed by atoms with E-state index in [1.165, 1.54) is 12.1 Å². The van der Waals surface area contributed by atoms with Gasteiger partial charge in [-0.05, 0) is 23.5 Å². The van der Waals surface area contributed by atoms with E-state index in [-0.39, 0.29) is 0 Å². The molecule has 1 N–H and O–H groups in total. The first-order chi connectivity index (χ1) is 7.79. The summed E-state index contributed by atoms with van der Waals surface area (Å²) in [4.78, 5) is 0. The molecule has 0 aliphatic heterocycles. The van der Waals surface area contributed by atoms with Crippen molar-refractivity contribution in [3.05, 3.63) is 35.4 Å². The Morgan fingerprint density at radius 1 is 1.35 bits per heavy atom. The second-order valence-electron chi connectivity index (χ2n) is 5.32. The van der Waals surface area contributed by atoms with Crippen LogP contribution in [-0.2, 0) is 12.7 Å². The van der Waals surface area contributed by atoms with Gasteiger partial charge in [0.1, 0.15) is 0 Å². The van der Waals surface area contributed by atoms with Crippen LogP contribution in [0.15, 0.2) is 24.3 Å². The van der Waals surface area contributed by atoms with Crippen LogP contribution in [0.2, 0.25) is 0 Å². The summed E-state index contributed by atoms with van der Waals surface area (Å²) in [5.41, 5.74) is 0.399. The molecule has 1 fully saturated rings. The van der Waals surface area contributed by atoms with Crippen molar-refractivity contribution in [2.24, 2.45) is 5.41 Å². The van der Waals surface area contributed by atoms with Crippen molar-refractivity contribution in [1.29, 1.82) is 0 Å². The van der Waals surface area contributed by atoms with Crippen LogP contribution in [0.5, 0.6) is 0 Å². The standard InChI is InChI=1S/C13H16F3N/c1-12(2)7-11(12)17-8-9-4-3-5-10(6-9)13(14,15)16/h3-6,11,17H,7-8H2,1-2H3. The fraction of sp³-hybridized carbons (Fsp3) is 0.538. The number of benzene rings is 1. The molecule has 1 nitrogen and oxygen atoms in total. The number of halogens is 3. The van der Waals surface area contributed by atoms with Crippen molar-refractivity contribution in [3.8, 4) is 0 Å². The Labute approximate surface area is 99.0 Å². The summed E-state index contributed by atoms with van der Waals surface area (Å²) in [6, 6.07) is 5.92. The van der Waals surface area contributed by atoms with Gasteiger partial charge in [-0.25, -0.2) is 0 Å². The molecule has 4 heteroatoms. The van der Waals surface area contributed by atoms with Gasteiger partial charge in [0, 0.05) is 12.6 Å². The molecular weight excluding hydrogens is 227 g/mol. The molecule has 0 bridgehead atoms. The van der Waals surface area contributed by atoms with E-state index in [1.54, 1.807) is 6.07 Å². The quantitative estimate of drug-likeness (QED) is 0.855. The van der Waals surface area contributed by atoms with E-state index in [2.05, 4.69) is 19.2 Å². The molecule has 1 aliphatic carbocycles. The topological polar surface area (TPSA) is 12.0 Å². The minimum Gasteiger partial charge on any atom is -0.309 e. The van der Waals surface area contributed by atoms with Crippen LogP contribution in [0.4, 0.5) is 13.2 Å². The number of alkyl halides is 3. The van der Waals surface area contributed by atoms with Gasteiger partial charge in [0.25, 0.3) is 0 Å². The maximum atomic E-state index is 12.5. The lowest BCUT2D eigenvalue weighted by Crippen LogP contribution is -2.20. The van der Waals surface area contributed by atoms with E-state index in [9.17, 15) is 13.2 Å². The summed E-state index contributed by atoms with van der Waals surface area (Å²) in [5, 5.41) is 3.27.